The molecular formula is C19H12ClN3OS2. The van der Waals surface area contributed by atoms with Crippen LogP contribution in [-0.4, -0.2) is 14.5 Å². The van der Waals surface area contributed by atoms with E-state index in [9.17, 15) is 4.79 Å². The Hall–Kier alpha value is -2.54. The Balaban J connectivity index is 1.84. The van der Waals surface area contributed by atoms with Crippen LogP contribution in [0.1, 0.15) is 11.4 Å². The lowest BCUT2D eigenvalue weighted by Crippen LogP contribution is -2.09. The topological polar surface area (TPSA) is 50.7 Å². The second-order valence-corrected chi connectivity index (χ2v) is 7.61. The molecule has 0 bridgehead atoms. The second kappa shape index (κ2) is 6.99. The highest BCUT2D eigenvalue weighted by Gasteiger charge is 2.12. The van der Waals surface area contributed by atoms with E-state index >= 15 is 0 Å². The molecule has 0 saturated heterocycles. The molecule has 2 heterocycles. The molecule has 4 aromatic rings. The average molecular weight is 398 g/mol. The van der Waals surface area contributed by atoms with Gasteiger partial charge in [0.15, 0.2) is 9.60 Å². The number of fused-ring (bicyclic) bond motifs is 1. The summed E-state index contributed by atoms with van der Waals surface area (Å²) in [6.45, 7) is 0. The number of H-pyrrole nitrogens is 1. The number of rotatable bonds is 3. The molecule has 2 aromatic heterocycles. The van der Waals surface area contributed by atoms with Gasteiger partial charge in [-0.25, -0.2) is 4.98 Å². The third-order valence-corrected chi connectivity index (χ3v) is 5.39. The third kappa shape index (κ3) is 3.26. The molecule has 0 fully saturated rings. The predicted octanol–water partition coefficient (Wildman–Crippen LogP) is 5.33. The Morgan fingerprint density at radius 2 is 1.81 bits per heavy atom. The van der Waals surface area contributed by atoms with Crippen LogP contribution in [-0.2, 0) is 0 Å². The van der Waals surface area contributed by atoms with Gasteiger partial charge in [-0.1, -0.05) is 59.3 Å². The van der Waals surface area contributed by atoms with Gasteiger partial charge in [0.1, 0.15) is 10.5 Å². The Morgan fingerprint density at radius 1 is 1.08 bits per heavy atom. The minimum absolute atomic E-state index is 0.198. The zero-order valence-corrected chi connectivity index (χ0v) is 15.7. The predicted molar refractivity (Wildman–Crippen MR) is 111 cm³/mol. The largest absolute Gasteiger partial charge is 0.306 e. The quantitative estimate of drug-likeness (QED) is 0.475. The molecule has 0 unspecified atom stereocenters. The van der Waals surface area contributed by atoms with Crippen molar-refractivity contribution in [1.82, 2.24) is 14.5 Å². The van der Waals surface area contributed by atoms with Gasteiger partial charge in [0.25, 0.3) is 5.56 Å². The summed E-state index contributed by atoms with van der Waals surface area (Å²) in [4.78, 5) is 19.9. The molecule has 1 N–H and O–H groups in total. The standard InChI is InChI=1S/C19H12ClN3OS2/c20-13-9-6-12(7-10-13)8-11-15-21-17-16(18(24)22-15)26-19(25)23(17)14-4-2-1-3-5-14/h1-11H,(H,21,22,24)/b11-8+. The van der Waals surface area contributed by atoms with Crippen LogP contribution in [0.3, 0.4) is 0 Å². The Kier molecular flexibility index (Phi) is 4.55. The van der Waals surface area contributed by atoms with Gasteiger partial charge in [-0.3, -0.25) is 9.36 Å². The number of nitrogens with one attached hydrogen (secondary N) is 1. The van der Waals surface area contributed by atoms with Crippen LogP contribution >= 0.6 is 35.2 Å². The summed E-state index contributed by atoms with van der Waals surface area (Å²) >= 11 is 12.6. The van der Waals surface area contributed by atoms with Crippen molar-refractivity contribution in [3.63, 3.8) is 0 Å². The van der Waals surface area contributed by atoms with Crippen LogP contribution in [0.5, 0.6) is 0 Å². The molecule has 0 amide bonds. The molecule has 128 valence electrons. The molecule has 4 nitrogen and oxygen atoms in total. The second-order valence-electron chi connectivity index (χ2n) is 5.53. The van der Waals surface area contributed by atoms with E-state index in [0.29, 0.717) is 25.1 Å². The van der Waals surface area contributed by atoms with E-state index in [-0.39, 0.29) is 5.56 Å². The number of halogens is 1. The Morgan fingerprint density at radius 3 is 2.54 bits per heavy atom. The highest BCUT2D eigenvalue weighted by atomic mass is 35.5. The zero-order valence-electron chi connectivity index (χ0n) is 13.3. The van der Waals surface area contributed by atoms with E-state index < -0.39 is 0 Å². The van der Waals surface area contributed by atoms with Crippen molar-refractivity contribution in [2.75, 3.05) is 0 Å². The van der Waals surface area contributed by atoms with Gasteiger partial charge < -0.3 is 4.98 Å². The maximum atomic E-state index is 12.5. The molecule has 0 saturated carbocycles. The van der Waals surface area contributed by atoms with E-state index in [2.05, 4.69) is 9.97 Å². The fourth-order valence-corrected chi connectivity index (χ4v) is 3.96. The fraction of sp³-hybridized carbons (Fsp3) is 0. The van der Waals surface area contributed by atoms with Crippen LogP contribution in [0.25, 0.3) is 28.2 Å². The first-order chi connectivity index (χ1) is 12.6. The summed E-state index contributed by atoms with van der Waals surface area (Å²) < 4.78 is 2.93. The van der Waals surface area contributed by atoms with Crippen LogP contribution in [0.2, 0.25) is 5.02 Å². The van der Waals surface area contributed by atoms with Crippen molar-refractivity contribution >= 4 is 57.7 Å². The molecule has 0 atom stereocenters. The van der Waals surface area contributed by atoms with Crippen molar-refractivity contribution in [3.8, 4) is 5.69 Å². The van der Waals surface area contributed by atoms with Gasteiger partial charge in [0, 0.05) is 10.7 Å². The molecule has 26 heavy (non-hydrogen) atoms. The smallest absolute Gasteiger partial charge is 0.270 e. The molecule has 0 aliphatic rings. The van der Waals surface area contributed by atoms with Gasteiger partial charge in [0.2, 0.25) is 0 Å². The molecule has 0 spiro atoms. The summed E-state index contributed by atoms with van der Waals surface area (Å²) in [6.07, 6.45) is 3.63. The van der Waals surface area contributed by atoms with E-state index in [1.54, 1.807) is 6.08 Å². The van der Waals surface area contributed by atoms with Crippen molar-refractivity contribution in [1.29, 1.82) is 0 Å². The average Bonchev–Trinajstić information content (AvgIpc) is 2.98. The molecule has 7 heteroatoms. The first-order valence-electron chi connectivity index (χ1n) is 7.77. The lowest BCUT2D eigenvalue weighted by Gasteiger charge is -2.04. The Bertz CT molecular complexity index is 1220. The highest BCUT2D eigenvalue weighted by molar-refractivity contribution is 7.73. The maximum absolute atomic E-state index is 12.5. The molecular weight excluding hydrogens is 386 g/mol. The number of nitrogens with zero attached hydrogens (tertiary/aromatic N) is 2. The summed E-state index contributed by atoms with van der Waals surface area (Å²) in [7, 11) is 0. The van der Waals surface area contributed by atoms with Gasteiger partial charge in [-0.05, 0) is 48.1 Å². The monoisotopic (exact) mass is 397 g/mol. The van der Waals surface area contributed by atoms with Gasteiger partial charge in [-0.15, -0.1) is 0 Å². The van der Waals surface area contributed by atoms with Crippen molar-refractivity contribution < 1.29 is 0 Å². The summed E-state index contributed by atoms with van der Waals surface area (Å²) in [5.74, 6) is 0.468. The maximum Gasteiger partial charge on any atom is 0.270 e. The van der Waals surface area contributed by atoms with Gasteiger partial charge >= 0.3 is 0 Å². The number of aromatic amines is 1. The number of thiazole rings is 1. The number of aromatic nitrogens is 3. The van der Waals surface area contributed by atoms with E-state index in [1.807, 2.05) is 65.2 Å². The third-order valence-electron chi connectivity index (χ3n) is 3.78. The molecule has 4 rings (SSSR count). The van der Waals surface area contributed by atoms with Crippen LogP contribution < -0.4 is 5.56 Å². The van der Waals surface area contributed by atoms with E-state index in [0.717, 1.165) is 11.3 Å². The van der Waals surface area contributed by atoms with Crippen molar-refractivity contribution in [2.45, 2.75) is 0 Å². The summed E-state index contributed by atoms with van der Waals surface area (Å²) in [5.41, 5.74) is 2.21. The number of benzene rings is 2. The van der Waals surface area contributed by atoms with Crippen LogP contribution in [0.4, 0.5) is 0 Å². The lowest BCUT2D eigenvalue weighted by atomic mass is 10.2. The molecule has 0 aliphatic carbocycles. The molecule has 0 aliphatic heterocycles. The van der Waals surface area contributed by atoms with Gasteiger partial charge in [-0.2, -0.15) is 0 Å². The first kappa shape index (κ1) is 16.9. The van der Waals surface area contributed by atoms with Crippen molar-refractivity contribution in [3.05, 3.63) is 85.3 Å². The van der Waals surface area contributed by atoms with Crippen LogP contribution in [0.15, 0.2) is 59.4 Å². The number of para-hydroxylation sites is 1. The summed E-state index contributed by atoms with van der Waals surface area (Å²) in [5, 5.41) is 0.676. The van der Waals surface area contributed by atoms with Crippen molar-refractivity contribution in [2.24, 2.45) is 0 Å². The zero-order chi connectivity index (χ0) is 18.1. The molecule has 0 radical (unpaired) electrons. The normalized spacial score (nSPS) is 11.4. The summed E-state index contributed by atoms with van der Waals surface area (Å²) in [6, 6.07) is 17.1. The van der Waals surface area contributed by atoms with Crippen LogP contribution in [0, 0.1) is 3.95 Å². The molecule has 2 aromatic carbocycles. The lowest BCUT2D eigenvalue weighted by molar-refractivity contribution is 1.05. The van der Waals surface area contributed by atoms with E-state index in [1.165, 1.54) is 11.3 Å². The number of hydrogen-bond acceptors (Lipinski definition) is 4. The first-order valence-corrected chi connectivity index (χ1v) is 9.37. The minimum atomic E-state index is -0.198. The van der Waals surface area contributed by atoms with Gasteiger partial charge in [0.05, 0.1) is 0 Å². The SMILES string of the molecule is O=c1[nH]c(/C=C/c2ccc(Cl)cc2)nc2c1sc(=S)n2-c1ccccc1. The highest BCUT2D eigenvalue weighted by Crippen LogP contribution is 2.23. The van der Waals surface area contributed by atoms with E-state index in [4.69, 9.17) is 23.8 Å². The number of hydrogen-bond donors (Lipinski definition) is 1. The Labute approximate surface area is 163 Å². The minimum Gasteiger partial charge on any atom is -0.306 e. The fourth-order valence-electron chi connectivity index (χ4n) is 2.56.